The fourth-order valence-corrected chi connectivity index (χ4v) is 6.30. The average molecular weight is 860 g/mol. The van der Waals surface area contributed by atoms with Crippen molar-refractivity contribution in [3.8, 4) is 0 Å². The molecule has 5 heteroatoms. The van der Waals surface area contributed by atoms with Gasteiger partial charge in [-0.25, -0.2) is 0 Å². The zero-order valence-corrected chi connectivity index (χ0v) is 40.3. The first-order valence-electron chi connectivity index (χ1n) is 23.8. The predicted molar refractivity (Wildman–Crippen MR) is 240 cm³/mol. The Morgan fingerprint density at radius 2 is 0.358 bits per heavy atom. The Kier molecular flexibility index (Phi) is 74.4. The fourth-order valence-electron chi connectivity index (χ4n) is 6.30. The Morgan fingerprint density at radius 1 is 0.245 bits per heavy atom. The first-order chi connectivity index (χ1) is 25.4. The summed E-state index contributed by atoms with van der Waals surface area (Å²) in [6, 6.07) is 0. The van der Waals surface area contributed by atoms with Crippen molar-refractivity contribution >= 4 is 35.8 Å². The van der Waals surface area contributed by atoms with Crippen LogP contribution in [0.25, 0.3) is 0 Å². The first-order valence-corrected chi connectivity index (χ1v) is 23.8. The van der Waals surface area contributed by atoms with Crippen molar-refractivity contribution < 1.29 is 19.8 Å². The minimum absolute atomic E-state index is 0. The number of carboxylic acids is 2. The molecule has 0 saturated heterocycles. The zero-order chi connectivity index (χ0) is 39.4. The van der Waals surface area contributed by atoms with E-state index in [0.29, 0.717) is 12.8 Å². The summed E-state index contributed by atoms with van der Waals surface area (Å²) < 4.78 is 0. The van der Waals surface area contributed by atoms with Crippen LogP contribution in [-0.4, -0.2) is 46.1 Å². The van der Waals surface area contributed by atoms with Crippen molar-refractivity contribution in [2.24, 2.45) is 0 Å². The molecule has 0 bridgehead atoms. The largest absolute Gasteiger partial charge is 0.481 e. The second-order valence-electron chi connectivity index (χ2n) is 15.6. The van der Waals surface area contributed by atoms with Crippen molar-refractivity contribution in [3.05, 3.63) is 0 Å². The van der Waals surface area contributed by atoms with Gasteiger partial charge in [0.15, 0.2) is 0 Å². The van der Waals surface area contributed by atoms with E-state index >= 15 is 0 Å². The molecule has 0 rings (SSSR count). The number of carboxylic acid groups (broad SMARTS) is 2. The van der Waals surface area contributed by atoms with Gasteiger partial charge in [0.1, 0.15) is 0 Å². The van der Waals surface area contributed by atoms with E-state index < -0.39 is 11.9 Å². The molecule has 4 radical (unpaired) electrons. The van der Waals surface area contributed by atoms with E-state index in [1.807, 2.05) is 0 Å². The molecule has 0 heterocycles. The Balaban J connectivity index is -0.000000193. The van der Waals surface area contributed by atoms with E-state index in [4.69, 9.17) is 10.2 Å². The van der Waals surface area contributed by atoms with Crippen molar-refractivity contribution in [1.82, 2.24) is 0 Å². The fraction of sp³-hybridized carbons (Fsp3) is 0.958. The van der Waals surface area contributed by atoms with Crippen LogP contribution in [0.15, 0.2) is 0 Å². The third kappa shape index (κ3) is 81.1. The second kappa shape index (κ2) is 63.7. The van der Waals surface area contributed by atoms with E-state index in [0.717, 1.165) is 25.7 Å². The van der Waals surface area contributed by atoms with Gasteiger partial charge in [-0.3, -0.25) is 9.59 Å². The third-order valence-electron chi connectivity index (χ3n) is 9.90. The Labute approximate surface area is 352 Å². The summed E-state index contributed by atoms with van der Waals surface area (Å²) in [4.78, 5) is 20.4. The zero-order valence-electron chi connectivity index (χ0n) is 37.5. The van der Waals surface area contributed by atoms with Crippen molar-refractivity contribution in [3.63, 3.8) is 0 Å². The van der Waals surface area contributed by atoms with Gasteiger partial charge in [-0.2, -0.15) is 0 Å². The molecule has 0 unspecified atom stereocenters. The standard InChI is InChI=1S/2C12H24O2.2C12H26.Sn/c2*1-2-3-4-5-6-7-8-9-10-11-12(13)14;2*1-3-5-7-9-11-12-10-8-6-4-2;/h2*2-11H2,1H3,(H,13,14);2*3-12H2,1-2H3;. The summed E-state index contributed by atoms with van der Waals surface area (Å²) in [7, 11) is 0. The molecule has 0 aliphatic heterocycles. The van der Waals surface area contributed by atoms with Crippen LogP contribution in [0.3, 0.4) is 0 Å². The molecule has 0 aromatic rings. The van der Waals surface area contributed by atoms with Gasteiger partial charge >= 0.3 is 11.9 Å². The van der Waals surface area contributed by atoms with Crippen LogP contribution in [-0.2, 0) is 9.59 Å². The number of hydrogen-bond acceptors (Lipinski definition) is 2. The van der Waals surface area contributed by atoms with Crippen molar-refractivity contribution in [2.45, 2.75) is 298 Å². The SMILES string of the molecule is CCCCCCCCCCCC.CCCCCCCCCCCC.CCCCCCCCCCCC(=O)O.CCCCCCCCCCCC(=O)O.[Sn]. The number of hydrogen-bond donors (Lipinski definition) is 2. The molecule has 0 aliphatic carbocycles. The molecule has 0 fully saturated rings. The Hall–Kier alpha value is -0.261. The quantitative estimate of drug-likeness (QED) is 0.0479. The molecule has 53 heavy (non-hydrogen) atoms. The summed E-state index contributed by atoms with van der Waals surface area (Å²) >= 11 is 0. The monoisotopic (exact) mass is 861 g/mol. The topological polar surface area (TPSA) is 74.6 Å². The maximum Gasteiger partial charge on any atom is 0.303 e. The maximum absolute atomic E-state index is 10.2. The minimum atomic E-state index is -0.659. The van der Waals surface area contributed by atoms with Gasteiger partial charge < -0.3 is 10.2 Å². The summed E-state index contributed by atoms with van der Waals surface area (Å²) in [6.07, 6.45) is 51.8. The van der Waals surface area contributed by atoms with Gasteiger partial charge in [0, 0.05) is 36.7 Å². The van der Waals surface area contributed by atoms with Crippen LogP contribution < -0.4 is 0 Å². The summed E-state index contributed by atoms with van der Waals surface area (Å²) in [5.74, 6) is -1.32. The first kappa shape index (κ1) is 61.9. The van der Waals surface area contributed by atoms with Crippen LogP contribution >= 0.6 is 0 Å². The second-order valence-corrected chi connectivity index (χ2v) is 15.6. The summed E-state index contributed by atoms with van der Waals surface area (Å²) in [5.41, 5.74) is 0. The average Bonchev–Trinajstić information content (AvgIpc) is 3.13. The summed E-state index contributed by atoms with van der Waals surface area (Å²) in [6.45, 7) is 13.6. The van der Waals surface area contributed by atoms with Gasteiger partial charge in [0.25, 0.3) is 0 Å². The number of unbranched alkanes of at least 4 members (excludes halogenated alkanes) is 34. The predicted octanol–water partition coefficient (Wildman–Crippen LogP) is 17.5. The number of rotatable bonds is 38. The molecule has 0 aliphatic rings. The molecule has 0 amide bonds. The molecule has 0 atom stereocenters. The van der Waals surface area contributed by atoms with Gasteiger partial charge in [0.05, 0.1) is 0 Å². The van der Waals surface area contributed by atoms with E-state index in [9.17, 15) is 9.59 Å². The molecular formula is C48H100O4Sn. The smallest absolute Gasteiger partial charge is 0.303 e. The Morgan fingerprint density at radius 3 is 0.472 bits per heavy atom. The Bertz CT molecular complexity index is 540. The number of carbonyl (C=O) groups is 2. The van der Waals surface area contributed by atoms with Gasteiger partial charge in [-0.05, 0) is 12.8 Å². The molecule has 4 nitrogen and oxygen atoms in total. The van der Waals surface area contributed by atoms with Gasteiger partial charge in [-0.1, -0.05) is 273 Å². The van der Waals surface area contributed by atoms with Crippen LogP contribution in [0.1, 0.15) is 298 Å². The van der Waals surface area contributed by atoms with E-state index in [1.54, 1.807) is 0 Å². The van der Waals surface area contributed by atoms with E-state index in [2.05, 4.69) is 41.5 Å². The minimum Gasteiger partial charge on any atom is -0.481 e. The van der Waals surface area contributed by atoms with E-state index in [1.165, 1.54) is 218 Å². The van der Waals surface area contributed by atoms with Crippen LogP contribution in [0.5, 0.6) is 0 Å². The third-order valence-corrected chi connectivity index (χ3v) is 9.90. The maximum atomic E-state index is 10.2. The number of aliphatic carboxylic acids is 2. The molecule has 0 saturated carbocycles. The summed E-state index contributed by atoms with van der Waals surface area (Å²) in [5, 5.41) is 16.8. The van der Waals surface area contributed by atoms with Crippen LogP contribution in [0.4, 0.5) is 0 Å². The van der Waals surface area contributed by atoms with Gasteiger partial charge in [0.2, 0.25) is 0 Å². The van der Waals surface area contributed by atoms with Crippen LogP contribution in [0, 0.1) is 0 Å². The molecule has 0 spiro atoms. The van der Waals surface area contributed by atoms with Crippen molar-refractivity contribution in [2.75, 3.05) is 0 Å². The molecule has 320 valence electrons. The molecule has 0 aromatic carbocycles. The molecular weight excluding hydrogens is 759 g/mol. The van der Waals surface area contributed by atoms with Crippen LogP contribution in [0.2, 0.25) is 0 Å². The molecule has 2 N–H and O–H groups in total. The van der Waals surface area contributed by atoms with Crippen molar-refractivity contribution in [1.29, 1.82) is 0 Å². The normalized spacial score (nSPS) is 10.2. The van der Waals surface area contributed by atoms with Gasteiger partial charge in [-0.15, -0.1) is 0 Å². The van der Waals surface area contributed by atoms with E-state index in [-0.39, 0.29) is 23.9 Å². The molecule has 0 aromatic heterocycles.